The molecular formula is C83H112N10O5. The largest absolute Gasteiger partial charge is 0.438 e. The van der Waals surface area contributed by atoms with Crippen LogP contribution in [0.15, 0.2) is 112 Å². The zero-order valence-electron chi connectivity index (χ0n) is 64.2. The molecule has 0 aromatic carbocycles. The lowest BCUT2D eigenvalue weighted by Gasteiger charge is -2.36. The first-order valence-electron chi connectivity index (χ1n) is 32.8. The van der Waals surface area contributed by atoms with Gasteiger partial charge in [0.1, 0.15) is 34.9 Å². The van der Waals surface area contributed by atoms with Crippen molar-refractivity contribution in [2.75, 3.05) is 26.2 Å². The molecule has 524 valence electrons. The average Bonchev–Trinajstić information content (AvgIpc) is 1.13. The van der Waals surface area contributed by atoms with Gasteiger partial charge in [-0.05, 0) is 106 Å². The third-order valence-electron chi connectivity index (χ3n) is 14.4. The van der Waals surface area contributed by atoms with E-state index in [2.05, 4.69) is 219 Å². The second kappa shape index (κ2) is 36.7. The predicted molar refractivity (Wildman–Crippen MR) is 406 cm³/mol. The van der Waals surface area contributed by atoms with Crippen LogP contribution in [0.2, 0.25) is 0 Å². The van der Waals surface area contributed by atoms with E-state index < -0.39 is 0 Å². The summed E-state index contributed by atoms with van der Waals surface area (Å²) in [4.78, 5) is 46.8. The number of hydrogen-bond acceptors (Lipinski definition) is 12. The van der Waals surface area contributed by atoms with Gasteiger partial charge in [0.25, 0.3) is 11.8 Å². The van der Waals surface area contributed by atoms with E-state index in [9.17, 15) is 9.59 Å². The number of aromatic nitrogens is 5. The maximum Gasteiger partial charge on any atom is 0.273 e. The summed E-state index contributed by atoms with van der Waals surface area (Å²) < 4.78 is 15.3. The van der Waals surface area contributed by atoms with Crippen molar-refractivity contribution in [3.8, 4) is 86.4 Å². The summed E-state index contributed by atoms with van der Waals surface area (Å²) in [6.45, 7) is 59.6. The van der Waals surface area contributed by atoms with Crippen molar-refractivity contribution in [1.82, 2.24) is 35.1 Å². The van der Waals surface area contributed by atoms with Crippen molar-refractivity contribution in [3.63, 3.8) is 0 Å². The molecule has 0 bridgehead atoms. The molecule has 5 aliphatic rings. The number of amides is 2. The summed E-state index contributed by atoms with van der Waals surface area (Å²) in [5.74, 6) is 19.9. The number of hydrogen-bond donors (Lipinski definition) is 1. The van der Waals surface area contributed by atoms with Crippen molar-refractivity contribution in [2.45, 2.75) is 233 Å². The number of rotatable bonds is 0. The molecule has 15 nitrogen and oxygen atoms in total. The monoisotopic (exact) mass is 1330 g/mol. The molecule has 98 heavy (non-hydrogen) atoms. The van der Waals surface area contributed by atoms with Gasteiger partial charge in [-0.3, -0.25) is 24.7 Å². The average molecular weight is 1330 g/mol. The van der Waals surface area contributed by atoms with Gasteiger partial charge in [-0.2, -0.15) is 5.10 Å². The number of carbonyl (C=O) groups excluding carboxylic acids is 2. The van der Waals surface area contributed by atoms with E-state index in [0.29, 0.717) is 17.5 Å². The molecule has 0 unspecified atom stereocenters. The minimum Gasteiger partial charge on any atom is -0.438 e. The lowest BCUT2D eigenvalue weighted by molar-refractivity contribution is -0.131. The maximum atomic E-state index is 11.3. The molecule has 0 spiro atoms. The lowest BCUT2D eigenvalue weighted by Crippen LogP contribution is -2.46. The molecule has 5 aliphatic heterocycles. The van der Waals surface area contributed by atoms with Gasteiger partial charge in [0, 0.05) is 75.5 Å². The molecule has 0 aliphatic carbocycles. The number of carbonyl (C=O) groups is 2. The van der Waals surface area contributed by atoms with Gasteiger partial charge in [-0.25, -0.2) is 15.0 Å². The van der Waals surface area contributed by atoms with E-state index in [-0.39, 0.29) is 60.8 Å². The van der Waals surface area contributed by atoms with Crippen LogP contribution in [0.5, 0.6) is 0 Å². The van der Waals surface area contributed by atoms with E-state index in [0.717, 1.165) is 90.5 Å². The molecule has 4 aromatic rings. The molecule has 0 fully saturated rings. The fourth-order valence-corrected chi connectivity index (χ4v) is 8.30. The van der Waals surface area contributed by atoms with E-state index >= 15 is 0 Å². The zero-order valence-corrected chi connectivity index (χ0v) is 64.2. The number of nitrogens with zero attached hydrogens (tertiary/aromatic N) is 9. The molecule has 0 saturated carbocycles. The smallest absolute Gasteiger partial charge is 0.273 e. The lowest BCUT2D eigenvalue weighted by atomic mass is 9.84. The van der Waals surface area contributed by atoms with Crippen LogP contribution in [-0.2, 0) is 31.2 Å². The van der Waals surface area contributed by atoms with Crippen LogP contribution in [0.25, 0.3) is 0 Å². The molecule has 9 rings (SSSR count). The summed E-state index contributed by atoms with van der Waals surface area (Å²) in [5, 5.41) is 10.6. The standard InChI is InChI=1S/3C10H13N.C9H12N2.C9H15NO.3C9H11NO.C8H13NO/c1-5-9-6-8(7-11-9)10(2,3)4;1-5-9-8(6-7-11-9)10(2,3)4;1-5-8-6-7-9(11-8)10(2,3)4;1-5-7-6-8(11-10-7)9(2,3)4;1-9(2,3)10-7-5-4-6-8(10)11;1-5-8-10-7(6-11-8)9(2,3)4;1-5-8-10-6-7(11-8)9(2,3)4;1-5-7-6-8(11-10-7)9(2,3)4;1-8(2,3)9-6-4-5-7(9)10/h2*1,6H,7H2,2-4H3;1,7H,6H2,2-4H3;1,6H,2-4H3,(H,10,11);4,6H,5,7H2,1-3H3;3*1,6H,2-4H3;4-5H,6H2,1-3H3. The number of aromatic amines is 1. The van der Waals surface area contributed by atoms with Gasteiger partial charge in [-0.15, -0.1) is 45.0 Å². The highest BCUT2D eigenvalue weighted by atomic mass is 16.5. The number of allylic oxidation sites excluding steroid dienone is 4. The number of aliphatic imine (C=N–C) groups is 3. The van der Waals surface area contributed by atoms with Gasteiger partial charge < -0.3 is 23.2 Å². The minimum atomic E-state index is -0.0272. The Balaban J connectivity index is 0.000000551. The third kappa shape index (κ3) is 30.6. The van der Waals surface area contributed by atoms with Crippen molar-refractivity contribution < 1.29 is 22.9 Å². The number of oxazole rings is 2. The maximum absolute atomic E-state index is 11.3. The number of nitrogens with one attached hydrogen (secondary N) is 1. The fourth-order valence-electron chi connectivity index (χ4n) is 8.30. The topological polar surface area (TPSA) is 184 Å². The van der Waals surface area contributed by atoms with E-state index in [1.807, 2.05) is 96.4 Å². The molecular weight excluding hydrogens is 1220 g/mol. The molecule has 15 heteroatoms. The van der Waals surface area contributed by atoms with Gasteiger partial charge in [0.2, 0.25) is 11.8 Å². The zero-order chi connectivity index (χ0) is 75.6. The Hall–Kier alpha value is -9.59. The second-order valence-electron chi connectivity index (χ2n) is 32.5. The van der Waals surface area contributed by atoms with Gasteiger partial charge >= 0.3 is 0 Å². The van der Waals surface area contributed by atoms with Crippen molar-refractivity contribution in [3.05, 3.63) is 130 Å². The van der Waals surface area contributed by atoms with Crippen LogP contribution in [0.3, 0.4) is 0 Å². The molecule has 2 amide bonds. The number of terminal acetylenes is 7. The molecule has 9 heterocycles. The Morgan fingerprint density at radius 2 is 1.12 bits per heavy atom. The Bertz CT molecular complexity index is 3630. The van der Waals surface area contributed by atoms with E-state index in [1.165, 1.54) is 11.1 Å². The number of H-pyrrole nitrogens is 1. The molecule has 0 radical (unpaired) electrons. The van der Waals surface area contributed by atoms with E-state index in [4.69, 9.17) is 58.3 Å². The fraction of sp³-hybridized carbons (Fsp3) is 0.506. The normalized spacial score (nSPS) is 14.9. The Labute approximate surface area is 590 Å². The predicted octanol–water partition coefficient (Wildman–Crippen LogP) is 16.8. The highest BCUT2D eigenvalue weighted by Crippen LogP contribution is 2.32. The Morgan fingerprint density at radius 1 is 0.551 bits per heavy atom. The van der Waals surface area contributed by atoms with Crippen LogP contribution < -0.4 is 0 Å². The summed E-state index contributed by atoms with van der Waals surface area (Å²) in [6, 6.07) is 3.69. The highest BCUT2D eigenvalue weighted by Gasteiger charge is 2.29. The molecule has 1 N–H and O–H groups in total. The van der Waals surface area contributed by atoms with Crippen LogP contribution in [-0.4, -0.2) is 101 Å². The van der Waals surface area contributed by atoms with Crippen molar-refractivity contribution in [1.29, 1.82) is 0 Å². The summed E-state index contributed by atoms with van der Waals surface area (Å²) >= 11 is 0. The minimum absolute atomic E-state index is 0.0118. The summed E-state index contributed by atoms with van der Waals surface area (Å²) in [7, 11) is 0. The van der Waals surface area contributed by atoms with Crippen LogP contribution >= 0.6 is 0 Å². The van der Waals surface area contributed by atoms with Crippen molar-refractivity contribution in [2.24, 2.45) is 31.2 Å². The van der Waals surface area contributed by atoms with Crippen molar-refractivity contribution >= 4 is 28.9 Å². The summed E-state index contributed by atoms with van der Waals surface area (Å²) in [6.07, 6.45) is 54.7. The molecule has 0 atom stereocenters. The quantitative estimate of drug-likeness (QED) is 0.167. The van der Waals surface area contributed by atoms with E-state index in [1.54, 1.807) is 30.7 Å². The first-order chi connectivity index (χ1) is 44.8. The summed E-state index contributed by atoms with van der Waals surface area (Å²) in [5.41, 5.74) is 9.83. The first kappa shape index (κ1) is 86.4. The van der Waals surface area contributed by atoms with Gasteiger partial charge in [-0.1, -0.05) is 199 Å². The molecule has 4 aromatic heterocycles. The second-order valence-corrected chi connectivity index (χ2v) is 32.5. The van der Waals surface area contributed by atoms with Crippen LogP contribution in [0.1, 0.15) is 246 Å². The van der Waals surface area contributed by atoms with Gasteiger partial charge in [0.15, 0.2) is 5.69 Å². The SMILES string of the molecule is C#CC1=NC(C(C)(C)C)=CC1.C#CC1=NCC(C(C)(C)C)=C1.C#CC1=NCC=C1C(C)(C)C.C#Cc1cc(C(C)(C)C)n[nH]1.C#Cc1cc(C(C)(C)C)on1.C#Cc1nc(C(C)(C)C)co1.C#Cc1ncc(C(C)(C)C)o1.CC(C)(C)N1CC=CC1=O.CC(C)(C)N1CCC=CC1=O. The van der Waals surface area contributed by atoms with Gasteiger partial charge in [0.05, 0.1) is 36.4 Å². The first-order valence-corrected chi connectivity index (χ1v) is 32.8. The molecule has 0 saturated heterocycles. The Morgan fingerprint density at radius 3 is 1.41 bits per heavy atom. The van der Waals surface area contributed by atoms with Crippen LogP contribution in [0, 0.1) is 103 Å². The van der Waals surface area contributed by atoms with Crippen LogP contribution in [0.4, 0.5) is 0 Å². The third-order valence-corrected chi connectivity index (χ3v) is 14.4. The Kier molecular flexibility index (Phi) is 32.3. The highest BCUT2D eigenvalue weighted by molar-refractivity contribution is 6.14.